The van der Waals surface area contributed by atoms with E-state index in [0.29, 0.717) is 33.5 Å². The third-order valence-electron chi connectivity index (χ3n) is 4.57. The van der Waals surface area contributed by atoms with Gasteiger partial charge in [0.1, 0.15) is 11.5 Å². The van der Waals surface area contributed by atoms with Crippen molar-refractivity contribution >= 4 is 46.6 Å². The van der Waals surface area contributed by atoms with Crippen molar-refractivity contribution in [3.05, 3.63) is 76.8 Å². The average molecular weight is 471 g/mol. The number of nitrogens with one attached hydrogen (secondary N) is 2. The van der Waals surface area contributed by atoms with Gasteiger partial charge in [0.2, 0.25) is 5.91 Å². The molecule has 0 aliphatic carbocycles. The highest BCUT2D eigenvalue weighted by atomic mass is 35.5. The minimum atomic E-state index is -0.224. The van der Waals surface area contributed by atoms with Crippen LogP contribution in [0, 0.1) is 6.92 Å². The Morgan fingerprint density at radius 1 is 0.969 bits per heavy atom. The van der Waals surface area contributed by atoms with Crippen LogP contribution in [-0.2, 0) is 4.79 Å². The third kappa shape index (κ3) is 6.18. The molecule has 3 aromatic carbocycles. The Kier molecular flexibility index (Phi) is 8.03. The van der Waals surface area contributed by atoms with Gasteiger partial charge in [0, 0.05) is 27.2 Å². The van der Waals surface area contributed by atoms with Gasteiger partial charge in [-0.05, 0) is 61.0 Å². The molecule has 2 amide bonds. The van der Waals surface area contributed by atoms with Crippen LogP contribution in [0.25, 0.3) is 0 Å². The molecule has 0 aliphatic heterocycles. The van der Waals surface area contributed by atoms with E-state index >= 15 is 0 Å². The third-order valence-corrected chi connectivity index (χ3v) is 5.97. The number of anilines is 2. The Labute approximate surface area is 196 Å². The first kappa shape index (κ1) is 23.5. The number of aryl methyl sites for hydroxylation is 1. The first-order valence-electron chi connectivity index (χ1n) is 9.72. The van der Waals surface area contributed by atoms with Crippen LogP contribution in [0.1, 0.15) is 15.9 Å². The highest BCUT2D eigenvalue weighted by Crippen LogP contribution is 2.31. The molecule has 6 nitrogen and oxygen atoms in total. The Hall–Kier alpha value is -3.16. The number of benzene rings is 3. The van der Waals surface area contributed by atoms with Gasteiger partial charge in [0.25, 0.3) is 5.91 Å². The molecule has 32 heavy (non-hydrogen) atoms. The van der Waals surface area contributed by atoms with Crippen LogP contribution in [0.15, 0.2) is 65.6 Å². The Balaban J connectivity index is 1.59. The summed E-state index contributed by atoms with van der Waals surface area (Å²) < 4.78 is 10.4. The minimum Gasteiger partial charge on any atom is -0.497 e. The fourth-order valence-electron chi connectivity index (χ4n) is 2.87. The smallest absolute Gasteiger partial charge is 0.255 e. The average Bonchev–Trinajstić information content (AvgIpc) is 2.80. The molecule has 0 heterocycles. The number of rotatable bonds is 8. The molecule has 0 bridgehead atoms. The SMILES string of the molecule is COc1ccc(C(=O)Nc2cccc(SCC(=O)Nc3cc(C)c(Cl)cc3OC)c2)cc1. The Morgan fingerprint density at radius 2 is 1.72 bits per heavy atom. The second-order valence-electron chi connectivity index (χ2n) is 6.85. The lowest BCUT2D eigenvalue weighted by atomic mass is 10.2. The van der Waals surface area contributed by atoms with Gasteiger partial charge >= 0.3 is 0 Å². The summed E-state index contributed by atoms with van der Waals surface area (Å²) >= 11 is 7.48. The van der Waals surface area contributed by atoms with Crippen LogP contribution >= 0.6 is 23.4 Å². The van der Waals surface area contributed by atoms with Gasteiger partial charge in [-0.1, -0.05) is 17.7 Å². The zero-order valence-corrected chi connectivity index (χ0v) is 19.5. The number of hydrogen-bond donors (Lipinski definition) is 2. The van der Waals surface area contributed by atoms with Crippen LogP contribution in [0.5, 0.6) is 11.5 Å². The first-order chi connectivity index (χ1) is 15.4. The molecule has 0 unspecified atom stereocenters. The molecule has 166 valence electrons. The van der Waals surface area contributed by atoms with E-state index in [4.69, 9.17) is 21.1 Å². The van der Waals surface area contributed by atoms with Gasteiger partial charge in [-0.15, -0.1) is 11.8 Å². The predicted molar refractivity (Wildman–Crippen MR) is 129 cm³/mol. The van der Waals surface area contributed by atoms with Gasteiger partial charge in [0.15, 0.2) is 0 Å². The lowest BCUT2D eigenvalue weighted by Crippen LogP contribution is -2.15. The summed E-state index contributed by atoms with van der Waals surface area (Å²) in [6, 6.07) is 17.7. The lowest BCUT2D eigenvalue weighted by molar-refractivity contribution is -0.113. The van der Waals surface area contributed by atoms with E-state index in [9.17, 15) is 9.59 Å². The van der Waals surface area contributed by atoms with Crippen molar-refractivity contribution in [1.82, 2.24) is 0 Å². The monoisotopic (exact) mass is 470 g/mol. The van der Waals surface area contributed by atoms with E-state index < -0.39 is 0 Å². The lowest BCUT2D eigenvalue weighted by Gasteiger charge is -2.12. The molecular weight excluding hydrogens is 448 g/mol. The number of amides is 2. The second kappa shape index (κ2) is 10.9. The molecule has 8 heteroatoms. The van der Waals surface area contributed by atoms with Crippen molar-refractivity contribution in [3.63, 3.8) is 0 Å². The van der Waals surface area contributed by atoms with Crippen molar-refractivity contribution in [1.29, 1.82) is 0 Å². The quantitative estimate of drug-likeness (QED) is 0.416. The summed E-state index contributed by atoms with van der Waals surface area (Å²) in [5, 5.41) is 6.29. The van der Waals surface area contributed by atoms with Gasteiger partial charge in [0.05, 0.1) is 25.7 Å². The molecule has 0 saturated carbocycles. The number of carbonyl (C=O) groups excluding carboxylic acids is 2. The van der Waals surface area contributed by atoms with Gasteiger partial charge in [-0.2, -0.15) is 0 Å². The highest BCUT2D eigenvalue weighted by molar-refractivity contribution is 8.00. The Morgan fingerprint density at radius 3 is 2.41 bits per heavy atom. The molecule has 0 fully saturated rings. The summed E-state index contributed by atoms with van der Waals surface area (Å²) in [5.74, 6) is 0.980. The van der Waals surface area contributed by atoms with Crippen molar-refractivity contribution in [2.75, 3.05) is 30.6 Å². The molecule has 0 aliphatic rings. The van der Waals surface area contributed by atoms with Gasteiger partial charge in [-0.25, -0.2) is 0 Å². The molecule has 0 atom stereocenters. The normalized spacial score (nSPS) is 10.4. The van der Waals surface area contributed by atoms with Crippen LogP contribution in [0.3, 0.4) is 0 Å². The molecular formula is C24H23ClN2O4S. The van der Waals surface area contributed by atoms with E-state index in [1.165, 1.54) is 18.9 Å². The van der Waals surface area contributed by atoms with Crippen LogP contribution in [0.2, 0.25) is 5.02 Å². The summed E-state index contributed by atoms with van der Waals surface area (Å²) in [4.78, 5) is 25.8. The topological polar surface area (TPSA) is 76.7 Å². The maximum Gasteiger partial charge on any atom is 0.255 e. The van der Waals surface area contributed by atoms with Crippen molar-refractivity contribution in [2.24, 2.45) is 0 Å². The zero-order valence-electron chi connectivity index (χ0n) is 17.9. The minimum absolute atomic E-state index is 0.178. The molecule has 0 aromatic heterocycles. The summed E-state index contributed by atoms with van der Waals surface area (Å²) in [6.45, 7) is 1.86. The van der Waals surface area contributed by atoms with Crippen molar-refractivity contribution in [2.45, 2.75) is 11.8 Å². The van der Waals surface area contributed by atoms with Crippen molar-refractivity contribution < 1.29 is 19.1 Å². The number of carbonyl (C=O) groups is 2. The van der Waals surface area contributed by atoms with Gasteiger partial charge in [-0.3, -0.25) is 9.59 Å². The van der Waals surface area contributed by atoms with E-state index in [0.717, 1.165) is 10.5 Å². The maximum atomic E-state index is 12.5. The van der Waals surface area contributed by atoms with Gasteiger partial charge < -0.3 is 20.1 Å². The summed E-state index contributed by atoms with van der Waals surface area (Å²) in [5.41, 5.74) is 2.58. The molecule has 3 rings (SSSR count). The molecule has 3 aromatic rings. The molecule has 0 saturated heterocycles. The molecule has 0 radical (unpaired) electrons. The highest BCUT2D eigenvalue weighted by Gasteiger charge is 2.12. The number of halogens is 1. The molecule has 0 spiro atoms. The fourth-order valence-corrected chi connectivity index (χ4v) is 3.78. The standard InChI is InChI=1S/C24H23ClN2O4S/c1-15-11-21(22(31-3)13-20(15)25)27-23(28)14-32-19-6-4-5-17(12-19)26-24(29)16-7-9-18(30-2)10-8-16/h4-13H,14H2,1-3H3,(H,26,29)(H,27,28). The summed E-state index contributed by atoms with van der Waals surface area (Å²) in [7, 11) is 3.10. The fraction of sp³-hybridized carbons (Fsp3) is 0.167. The maximum absolute atomic E-state index is 12.5. The zero-order chi connectivity index (χ0) is 23.1. The van der Waals surface area contributed by atoms with Crippen molar-refractivity contribution in [3.8, 4) is 11.5 Å². The number of ether oxygens (including phenoxy) is 2. The number of hydrogen-bond acceptors (Lipinski definition) is 5. The van der Waals surface area contributed by atoms with E-state index in [2.05, 4.69) is 10.6 Å². The van der Waals surface area contributed by atoms with Crippen LogP contribution in [-0.4, -0.2) is 31.8 Å². The largest absolute Gasteiger partial charge is 0.497 e. The van der Waals surface area contributed by atoms with E-state index in [-0.39, 0.29) is 17.6 Å². The number of methoxy groups -OCH3 is 2. The Bertz CT molecular complexity index is 1120. The van der Waals surface area contributed by atoms with E-state index in [1.807, 2.05) is 25.1 Å². The first-order valence-corrected chi connectivity index (χ1v) is 11.1. The number of thioether (sulfide) groups is 1. The van der Waals surface area contributed by atoms with E-state index in [1.54, 1.807) is 49.6 Å². The predicted octanol–water partition coefficient (Wildman–Crippen LogP) is 5.65. The summed E-state index contributed by atoms with van der Waals surface area (Å²) in [6.07, 6.45) is 0. The molecule has 2 N–H and O–H groups in total. The van der Waals surface area contributed by atoms with Crippen LogP contribution < -0.4 is 20.1 Å². The second-order valence-corrected chi connectivity index (χ2v) is 8.30. The van der Waals surface area contributed by atoms with Crippen LogP contribution in [0.4, 0.5) is 11.4 Å².